The Bertz CT molecular complexity index is 1020. The molecular weight excluding hydrogens is 769 g/mol. The number of esters is 2. The monoisotopic (exact) mass is 862 g/mol. The molecular formula is C46H92N3O9P. The Balaban J connectivity index is 4.56. The van der Waals surface area contributed by atoms with E-state index in [-0.39, 0.29) is 51.7 Å². The Labute approximate surface area is 361 Å². The number of rotatable bonds is 46. The van der Waals surface area contributed by atoms with Crippen molar-refractivity contribution in [3.8, 4) is 0 Å². The second-order valence-electron chi connectivity index (χ2n) is 16.4. The quantitative estimate of drug-likeness (QED) is 0.0301. The molecule has 0 saturated carbocycles. The van der Waals surface area contributed by atoms with E-state index < -0.39 is 31.8 Å². The first-order chi connectivity index (χ1) is 28.7. The molecule has 59 heavy (non-hydrogen) atoms. The zero-order valence-corrected chi connectivity index (χ0v) is 39.2. The van der Waals surface area contributed by atoms with Crippen LogP contribution in [0.3, 0.4) is 0 Å². The minimum absolute atomic E-state index is 0.0163. The van der Waals surface area contributed by atoms with Crippen LogP contribution in [0.25, 0.3) is 0 Å². The van der Waals surface area contributed by atoms with Crippen molar-refractivity contribution >= 4 is 25.7 Å². The van der Waals surface area contributed by atoms with E-state index in [9.17, 15) is 18.9 Å². The topological polar surface area (TPSA) is 178 Å². The van der Waals surface area contributed by atoms with E-state index in [1.807, 2.05) is 0 Å². The van der Waals surface area contributed by atoms with Crippen molar-refractivity contribution in [1.29, 1.82) is 0 Å². The summed E-state index contributed by atoms with van der Waals surface area (Å²) in [4.78, 5) is 37.5. The summed E-state index contributed by atoms with van der Waals surface area (Å²) in [5.74, 6) is -1.21. The molecule has 0 aromatic heterocycles. The Hall–Kier alpha value is -1.56. The third-order valence-corrected chi connectivity index (χ3v) is 12.2. The maximum atomic E-state index is 13.1. The van der Waals surface area contributed by atoms with Crippen LogP contribution in [0.15, 0.2) is 0 Å². The first-order valence-corrected chi connectivity index (χ1v) is 25.7. The smallest absolute Gasteiger partial charge is 0.462 e. The van der Waals surface area contributed by atoms with Crippen LogP contribution in [0, 0.1) is 0 Å². The van der Waals surface area contributed by atoms with Gasteiger partial charge in [-0.15, -0.1) is 0 Å². The van der Waals surface area contributed by atoms with Gasteiger partial charge in [-0.3, -0.25) is 28.0 Å². The van der Waals surface area contributed by atoms with Gasteiger partial charge >= 0.3 is 19.8 Å². The van der Waals surface area contributed by atoms with Gasteiger partial charge in [0.2, 0.25) is 5.91 Å². The molecule has 0 spiro atoms. The van der Waals surface area contributed by atoms with Crippen molar-refractivity contribution in [3.63, 3.8) is 0 Å². The molecule has 0 aliphatic rings. The van der Waals surface area contributed by atoms with Gasteiger partial charge in [0.1, 0.15) is 6.61 Å². The summed E-state index contributed by atoms with van der Waals surface area (Å²) < 4.78 is 40.1. The lowest BCUT2D eigenvalue weighted by molar-refractivity contribution is -0.161. The van der Waals surface area contributed by atoms with E-state index in [1.165, 1.54) is 155 Å². The normalized spacial score (nSPS) is 13.5. The zero-order valence-electron chi connectivity index (χ0n) is 38.3. The molecule has 350 valence electrons. The lowest BCUT2D eigenvalue weighted by Crippen LogP contribution is -2.42. The SMILES string of the molecule is CCCCCCCCCCCCCCCCCC(=O)OCC(COP(=O)(OC)OCCNC(=O)C(N)CCN)OC(=O)CCCCCCCCCCCCCCCCC. The molecule has 3 unspecified atom stereocenters. The Morgan fingerprint density at radius 3 is 1.34 bits per heavy atom. The van der Waals surface area contributed by atoms with E-state index in [0.29, 0.717) is 12.8 Å². The summed E-state index contributed by atoms with van der Waals surface area (Å²) in [6.07, 6.45) is 37.0. The van der Waals surface area contributed by atoms with Crippen LogP contribution >= 0.6 is 7.82 Å². The highest BCUT2D eigenvalue weighted by Crippen LogP contribution is 2.48. The molecule has 0 saturated heterocycles. The van der Waals surface area contributed by atoms with Gasteiger partial charge in [-0.05, 0) is 25.8 Å². The molecule has 5 N–H and O–H groups in total. The second-order valence-corrected chi connectivity index (χ2v) is 18.2. The van der Waals surface area contributed by atoms with Crippen LogP contribution in [0.5, 0.6) is 0 Å². The molecule has 0 aromatic rings. The standard InChI is InChI=1S/C46H92N3O9P/c1-4-6-8-10-12-14-16-18-20-22-24-26-28-30-32-34-44(50)55-40-42(41-57-59(53,54-3)56-39-38-49-46(52)43(48)36-37-47)58-45(51)35-33-31-29-27-25-23-21-19-17-15-13-11-9-7-5-2/h42-43H,4-41,47-48H2,1-3H3,(H,49,52). The summed E-state index contributed by atoms with van der Waals surface area (Å²) >= 11 is 0. The maximum Gasteiger partial charge on any atom is 0.474 e. The lowest BCUT2D eigenvalue weighted by atomic mass is 10.0. The van der Waals surface area contributed by atoms with Crippen molar-refractivity contribution in [2.45, 2.75) is 238 Å². The van der Waals surface area contributed by atoms with E-state index in [1.54, 1.807) is 0 Å². The van der Waals surface area contributed by atoms with Crippen molar-refractivity contribution in [2.75, 3.05) is 40.0 Å². The van der Waals surface area contributed by atoms with Gasteiger partial charge in [0.05, 0.1) is 19.3 Å². The molecule has 13 heteroatoms. The predicted octanol–water partition coefficient (Wildman–Crippen LogP) is 11.5. The number of phosphoric acid groups is 1. The number of ether oxygens (including phenoxy) is 2. The van der Waals surface area contributed by atoms with E-state index in [2.05, 4.69) is 19.2 Å². The first kappa shape index (κ1) is 57.4. The maximum absolute atomic E-state index is 13.1. The van der Waals surface area contributed by atoms with E-state index in [0.717, 1.165) is 38.5 Å². The van der Waals surface area contributed by atoms with Gasteiger partial charge in [0, 0.05) is 26.5 Å². The van der Waals surface area contributed by atoms with E-state index in [4.69, 9.17) is 34.5 Å². The molecule has 0 rings (SSSR count). The molecule has 3 atom stereocenters. The number of amides is 1. The number of hydrogen-bond donors (Lipinski definition) is 3. The Kier molecular flexibility index (Phi) is 42.0. The Morgan fingerprint density at radius 2 is 0.949 bits per heavy atom. The molecule has 0 radical (unpaired) electrons. The fourth-order valence-corrected chi connectivity index (χ4v) is 7.94. The van der Waals surface area contributed by atoms with Crippen LogP contribution in [0.2, 0.25) is 0 Å². The average molecular weight is 862 g/mol. The van der Waals surface area contributed by atoms with Crippen LogP contribution < -0.4 is 16.8 Å². The van der Waals surface area contributed by atoms with Crippen LogP contribution in [0.4, 0.5) is 0 Å². The molecule has 0 fully saturated rings. The largest absolute Gasteiger partial charge is 0.474 e. The molecule has 1 amide bonds. The summed E-state index contributed by atoms with van der Waals surface area (Å²) in [5, 5.41) is 2.59. The van der Waals surface area contributed by atoms with Gasteiger partial charge in [-0.1, -0.05) is 194 Å². The molecule has 0 aromatic carbocycles. The van der Waals surface area contributed by atoms with Gasteiger partial charge < -0.3 is 26.3 Å². The number of unbranched alkanes of at least 4 members (excludes halogenated alkanes) is 28. The highest BCUT2D eigenvalue weighted by molar-refractivity contribution is 7.48. The molecule has 0 heterocycles. The number of carbonyl (C=O) groups is 3. The highest BCUT2D eigenvalue weighted by atomic mass is 31.2. The van der Waals surface area contributed by atoms with Crippen molar-refractivity contribution in [2.24, 2.45) is 11.5 Å². The number of nitrogens with two attached hydrogens (primary N) is 2. The Morgan fingerprint density at radius 1 is 0.559 bits per heavy atom. The number of nitrogens with one attached hydrogen (secondary N) is 1. The molecule has 0 aliphatic heterocycles. The predicted molar refractivity (Wildman–Crippen MR) is 241 cm³/mol. The zero-order chi connectivity index (χ0) is 43.5. The third kappa shape index (κ3) is 39.1. The van der Waals surface area contributed by atoms with Crippen LogP contribution in [-0.4, -0.2) is 70.0 Å². The number of carbonyl (C=O) groups excluding carboxylic acids is 3. The summed E-state index contributed by atoms with van der Waals surface area (Å²) in [6.45, 7) is 4.03. The second kappa shape index (κ2) is 43.1. The fourth-order valence-electron chi connectivity index (χ4n) is 6.99. The average Bonchev–Trinajstić information content (AvgIpc) is 3.23. The van der Waals surface area contributed by atoms with Crippen molar-refractivity contribution in [3.05, 3.63) is 0 Å². The first-order valence-electron chi connectivity index (χ1n) is 24.2. The van der Waals surface area contributed by atoms with Crippen LogP contribution in [0.1, 0.15) is 226 Å². The van der Waals surface area contributed by atoms with Gasteiger partial charge in [0.25, 0.3) is 0 Å². The molecule has 0 aliphatic carbocycles. The van der Waals surface area contributed by atoms with Crippen molar-refractivity contribution in [1.82, 2.24) is 5.32 Å². The summed E-state index contributed by atoms with van der Waals surface area (Å²) in [5.41, 5.74) is 11.2. The fraction of sp³-hybridized carbons (Fsp3) is 0.935. The van der Waals surface area contributed by atoms with Crippen LogP contribution in [-0.2, 0) is 42.0 Å². The van der Waals surface area contributed by atoms with Gasteiger partial charge in [0.15, 0.2) is 6.10 Å². The molecule has 12 nitrogen and oxygen atoms in total. The number of phosphoric ester groups is 1. The summed E-state index contributed by atoms with van der Waals surface area (Å²) in [7, 11) is -2.90. The lowest BCUT2D eigenvalue weighted by Gasteiger charge is -2.21. The number of hydrogen-bond acceptors (Lipinski definition) is 11. The molecule has 0 bridgehead atoms. The highest BCUT2D eigenvalue weighted by Gasteiger charge is 2.29. The summed E-state index contributed by atoms with van der Waals surface area (Å²) in [6, 6.07) is -0.753. The van der Waals surface area contributed by atoms with Gasteiger partial charge in [-0.25, -0.2) is 4.57 Å². The minimum atomic E-state index is -4.08. The van der Waals surface area contributed by atoms with E-state index >= 15 is 0 Å². The third-order valence-electron chi connectivity index (χ3n) is 10.8. The minimum Gasteiger partial charge on any atom is -0.462 e. The van der Waals surface area contributed by atoms with Gasteiger partial charge in [-0.2, -0.15) is 0 Å². The van der Waals surface area contributed by atoms with Crippen molar-refractivity contribution < 1.29 is 42.0 Å².